The number of anilines is 2. The van der Waals surface area contributed by atoms with Crippen molar-refractivity contribution in [1.82, 2.24) is 15.0 Å². The van der Waals surface area contributed by atoms with Gasteiger partial charge in [-0.05, 0) is 86.8 Å². The van der Waals surface area contributed by atoms with E-state index in [1.54, 1.807) is 14.2 Å². The molecule has 1 saturated carbocycles. The van der Waals surface area contributed by atoms with Crippen molar-refractivity contribution in [2.24, 2.45) is 0 Å². The molecular formula is C32H37N5O4S. The summed E-state index contributed by atoms with van der Waals surface area (Å²) >= 11 is 1.38. The number of hydrogen-bond donors (Lipinski definition) is 1. The number of hydrogen-bond acceptors (Lipinski definition) is 9. The normalized spacial score (nSPS) is 21.8. The van der Waals surface area contributed by atoms with E-state index in [1.807, 2.05) is 17.0 Å². The smallest absolute Gasteiger partial charge is 0.254 e. The Morgan fingerprint density at radius 1 is 1.05 bits per heavy atom. The number of carbonyl (C=O) groups is 1. The lowest BCUT2D eigenvalue weighted by atomic mass is 9.79. The van der Waals surface area contributed by atoms with Crippen molar-refractivity contribution in [2.75, 3.05) is 63.1 Å². The maximum absolute atomic E-state index is 13.5. The lowest BCUT2D eigenvalue weighted by Crippen LogP contribution is -2.52. The highest BCUT2D eigenvalue weighted by atomic mass is 32.2. The second-order valence-corrected chi connectivity index (χ2v) is 13.2. The Kier molecular flexibility index (Phi) is 6.33. The van der Waals surface area contributed by atoms with Crippen LogP contribution in [0.15, 0.2) is 39.8 Å². The molecule has 5 aliphatic rings. The van der Waals surface area contributed by atoms with Crippen molar-refractivity contribution in [3.05, 3.63) is 47.0 Å². The molecule has 1 N–H and O–H groups in total. The minimum atomic E-state index is 0.0271. The summed E-state index contributed by atoms with van der Waals surface area (Å²) in [4.78, 5) is 21.2. The number of methoxy groups -OCH3 is 2. The molecule has 4 heterocycles. The topological polar surface area (TPSA) is 83.3 Å². The molecule has 4 fully saturated rings. The van der Waals surface area contributed by atoms with Crippen molar-refractivity contribution >= 4 is 29.4 Å². The van der Waals surface area contributed by atoms with Gasteiger partial charge in [0.15, 0.2) is 11.6 Å². The molecular weight excluding hydrogens is 550 g/mol. The zero-order chi connectivity index (χ0) is 28.4. The summed E-state index contributed by atoms with van der Waals surface area (Å²) in [6.45, 7) is 5.84. The second-order valence-electron chi connectivity index (χ2n) is 12.4. The van der Waals surface area contributed by atoms with E-state index in [0.29, 0.717) is 23.1 Å². The zero-order valence-corrected chi connectivity index (χ0v) is 25.1. The van der Waals surface area contributed by atoms with E-state index in [0.717, 1.165) is 74.1 Å². The quantitative estimate of drug-likeness (QED) is 0.375. The molecule has 1 amide bonds. The number of benzene rings is 2. The zero-order valence-electron chi connectivity index (χ0n) is 24.3. The van der Waals surface area contributed by atoms with Gasteiger partial charge in [0.1, 0.15) is 16.4 Å². The Labute approximate surface area is 250 Å². The summed E-state index contributed by atoms with van der Waals surface area (Å²) in [6.07, 6.45) is 6.92. The van der Waals surface area contributed by atoms with E-state index in [-0.39, 0.29) is 11.3 Å². The van der Waals surface area contributed by atoms with Crippen LogP contribution in [0.4, 0.5) is 11.5 Å². The van der Waals surface area contributed by atoms with E-state index in [4.69, 9.17) is 14.0 Å². The van der Waals surface area contributed by atoms with E-state index in [2.05, 4.69) is 37.9 Å². The average molecular weight is 588 g/mol. The molecule has 2 aromatic carbocycles. The molecule has 1 atom stereocenters. The minimum Gasteiger partial charge on any atom is -0.495 e. The summed E-state index contributed by atoms with van der Waals surface area (Å²) in [6, 6.07) is 11.0. The van der Waals surface area contributed by atoms with Gasteiger partial charge < -0.3 is 28.5 Å². The molecule has 9 nitrogen and oxygen atoms in total. The first-order valence-electron chi connectivity index (χ1n) is 15.2. The van der Waals surface area contributed by atoms with Crippen LogP contribution < -0.4 is 19.1 Å². The molecule has 3 saturated heterocycles. The first-order chi connectivity index (χ1) is 20.6. The highest BCUT2D eigenvalue weighted by molar-refractivity contribution is 8.00. The highest BCUT2D eigenvalue weighted by Gasteiger charge is 2.50. The van der Waals surface area contributed by atoms with E-state index < -0.39 is 0 Å². The largest absolute Gasteiger partial charge is 0.495 e. The van der Waals surface area contributed by atoms with Crippen LogP contribution in [0.2, 0.25) is 0 Å². The van der Waals surface area contributed by atoms with E-state index in [1.165, 1.54) is 54.4 Å². The van der Waals surface area contributed by atoms with Gasteiger partial charge in [0.05, 0.1) is 14.2 Å². The van der Waals surface area contributed by atoms with Crippen LogP contribution in [0, 0.1) is 0 Å². The SMILES string of the molecule is COc1cc(C(=O)N2CCN3CCCC3C2)cc(OC)c1SNc1noc2c1CC1(CC1)c1ccc(N3CCC3)cc1-2. The van der Waals surface area contributed by atoms with Crippen LogP contribution in [0.5, 0.6) is 11.5 Å². The molecule has 8 rings (SSSR count). The Hall–Kier alpha value is -3.37. The number of nitrogens with zero attached hydrogens (tertiary/aromatic N) is 4. The Morgan fingerprint density at radius 3 is 2.57 bits per heavy atom. The van der Waals surface area contributed by atoms with Crippen LogP contribution in [-0.4, -0.2) is 80.4 Å². The Bertz CT molecular complexity index is 1520. The second kappa shape index (κ2) is 10.1. The van der Waals surface area contributed by atoms with Crippen LogP contribution in [0.1, 0.15) is 53.6 Å². The van der Waals surface area contributed by atoms with Gasteiger partial charge in [-0.15, -0.1) is 0 Å². The van der Waals surface area contributed by atoms with Crippen LogP contribution in [-0.2, 0) is 11.8 Å². The molecule has 0 bridgehead atoms. The maximum Gasteiger partial charge on any atom is 0.254 e. The molecule has 0 radical (unpaired) electrons. The fraction of sp³-hybridized carbons (Fsp3) is 0.500. The lowest BCUT2D eigenvalue weighted by molar-refractivity contribution is 0.0570. The lowest BCUT2D eigenvalue weighted by Gasteiger charge is -2.37. The number of fused-ring (bicyclic) bond motifs is 5. The van der Waals surface area contributed by atoms with Crippen LogP contribution in [0.3, 0.4) is 0 Å². The van der Waals surface area contributed by atoms with Crippen LogP contribution >= 0.6 is 11.9 Å². The first kappa shape index (κ1) is 26.3. The van der Waals surface area contributed by atoms with Crippen LogP contribution in [0.25, 0.3) is 11.3 Å². The number of piperazine rings is 1. The monoisotopic (exact) mass is 587 g/mol. The predicted molar refractivity (Wildman–Crippen MR) is 163 cm³/mol. The van der Waals surface area contributed by atoms with Gasteiger partial charge in [-0.3, -0.25) is 9.69 Å². The number of aromatic nitrogens is 1. The number of amides is 1. The number of rotatable bonds is 7. The van der Waals surface area contributed by atoms with Crippen molar-refractivity contribution < 1.29 is 18.8 Å². The number of carbonyl (C=O) groups excluding carboxylic acids is 1. The molecule has 10 heteroatoms. The van der Waals surface area contributed by atoms with Crippen molar-refractivity contribution in [3.63, 3.8) is 0 Å². The van der Waals surface area contributed by atoms with Gasteiger partial charge >= 0.3 is 0 Å². The summed E-state index contributed by atoms with van der Waals surface area (Å²) in [7, 11) is 3.26. The first-order valence-corrected chi connectivity index (χ1v) is 16.0. The number of ether oxygens (including phenoxy) is 2. The van der Waals surface area contributed by atoms with Gasteiger partial charge in [0.2, 0.25) is 0 Å². The number of nitrogens with one attached hydrogen (secondary N) is 1. The fourth-order valence-corrected chi connectivity index (χ4v) is 8.16. The molecule has 3 aliphatic heterocycles. The van der Waals surface area contributed by atoms with E-state index >= 15 is 0 Å². The Balaban J connectivity index is 1.05. The van der Waals surface area contributed by atoms with Gasteiger partial charge in [-0.1, -0.05) is 11.2 Å². The molecule has 1 aromatic heterocycles. The van der Waals surface area contributed by atoms with Crippen molar-refractivity contribution in [1.29, 1.82) is 0 Å². The van der Waals surface area contributed by atoms with Crippen molar-refractivity contribution in [3.8, 4) is 22.8 Å². The summed E-state index contributed by atoms with van der Waals surface area (Å²) in [5, 5.41) is 4.49. The summed E-state index contributed by atoms with van der Waals surface area (Å²) in [5.74, 6) is 2.82. The summed E-state index contributed by atoms with van der Waals surface area (Å²) in [5.41, 5.74) is 5.74. The van der Waals surface area contributed by atoms with Gasteiger partial charge in [0.25, 0.3) is 5.91 Å². The maximum atomic E-state index is 13.5. The third-order valence-electron chi connectivity index (χ3n) is 10.0. The fourth-order valence-electron chi connectivity index (χ4n) is 7.31. The molecule has 2 aliphatic carbocycles. The Morgan fingerprint density at radius 2 is 1.86 bits per heavy atom. The third-order valence-corrected chi connectivity index (χ3v) is 10.9. The molecule has 1 spiro atoms. The molecule has 1 unspecified atom stereocenters. The third kappa shape index (κ3) is 4.25. The molecule has 3 aromatic rings. The molecule has 220 valence electrons. The van der Waals surface area contributed by atoms with E-state index in [9.17, 15) is 4.79 Å². The van der Waals surface area contributed by atoms with Gasteiger partial charge in [-0.2, -0.15) is 0 Å². The summed E-state index contributed by atoms with van der Waals surface area (Å²) < 4.78 is 21.0. The predicted octanol–water partition coefficient (Wildman–Crippen LogP) is 5.20. The minimum absolute atomic E-state index is 0.0271. The molecule has 42 heavy (non-hydrogen) atoms. The van der Waals surface area contributed by atoms with Gasteiger partial charge in [0, 0.05) is 66.6 Å². The average Bonchev–Trinajstić information content (AvgIpc) is 3.40. The standard InChI is InChI=1S/C32H37N5O4S/c1-39-26-15-20(31(38)37-14-13-36-10-3-5-22(36)19-37)16-27(40-2)29(26)42-34-30-24-18-32(8-9-32)25-7-6-21(35-11-4-12-35)17-23(25)28(24)41-33-30/h6-7,15-17,22H,3-5,8-14,18-19H2,1-2H3,(H,33,34). The highest BCUT2D eigenvalue weighted by Crippen LogP contribution is 2.59. The van der Waals surface area contributed by atoms with Gasteiger partial charge in [-0.25, -0.2) is 0 Å². The van der Waals surface area contributed by atoms with Crippen molar-refractivity contribution in [2.45, 2.75) is 54.9 Å².